The van der Waals surface area contributed by atoms with Crippen molar-refractivity contribution in [2.45, 2.75) is 20.3 Å². The number of carboxylic acid groups (broad SMARTS) is 1. The van der Waals surface area contributed by atoms with E-state index in [1.807, 2.05) is 6.92 Å². The molecule has 0 saturated heterocycles. The fourth-order valence-corrected chi connectivity index (χ4v) is 2.22. The van der Waals surface area contributed by atoms with Crippen molar-refractivity contribution >= 4 is 11.7 Å². The first-order valence-electron chi connectivity index (χ1n) is 5.67. The molecule has 0 spiro atoms. The summed E-state index contributed by atoms with van der Waals surface area (Å²) in [6.45, 7) is 4.13. The minimum Gasteiger partial charge on any atom is -0.492 e. The van der Waals surface area contributed by atoms with Gasteiger partial charge >= 0.3 is 5.97 Å². The van der Waals surface area contributed by atoms with Gasteiger partial charge < -0.3 is 14.7 Å². The Balaban J connectivity index is 2.71. The van der Waals surface area contributed by atoms with E-state index in [1.54, 1.807) is 13.0 Å². The second-order valence-corrected chi connectivity index (χ2v) is 4.19. The van der Waals surface area contributed by atoms with Crippen molar-refractivity contribution in [3.8, 4) is 5.75 Å². The average molecular weight is 249 g/mol. The lowest BCUT2D eigenvalue weighted by Gasteiger charge is -2.23. The molecular formula is C13H15NO4. The lowest BCUT2D eigenvalue weighted by atomic mass is 9.92. The fraction of sp³-hybridized carbons (Fsp3) is 0.385. The summed E-state index contributed by atoms with van der Waals surface area (Å²) in [4.78, 5) is 16.0. The third-order valence-corrected chi connectivity index (χ3v) is 3.03. The van der Waals surface area contributed by atoms with E-state index in [2.05, 4.69) is 5.16 Å². The molecule has 0 unspecified atom stereocenters. The van der Waals surface area contributed by atoms with Gasteiger partial charge in [-0.25, -0.2) is 4.79 Å². The van der Waals surface area contributed by atoms with Gasteiger partial charge in [0.05, 0.1) is 17.9 Å². The van der Waals surface area contributed by atoms with Gasteiger partial charge in [-0.15, -0.1) is 0 Å². The number of rotatable bonds is 2. The van der Waals surface area contributed by atoms with Crippen molar-refractivity contribution in [2.24, 2.45) is 5.16 Å². The van der Waals surface area contributed by atoms with Crippen molar-refractivity contribution in [1.29, 1.82) is 0 Å². The fourth-order valence-electron chi connectivity index (χ4n) is 2.22. The zero-order valence-corrected chi connectivity index (χ0v) is 10.6. The summed E-state index contributed by atoms with van der Waals surface area (Å²) in [7, 11) is 1.48. The Bertz CT molecular complexity index is 534. The van der Waals surface area contributed by atoms with Crippen molar-refractivity contribution in [3.05, 3.63) is 28.3 Å². The van der Waals surface area contributed by atoms with Crippen molar-refractivity contribution in [1.82, 2.24) is 0 Å². The van der Waals surface area contributed by atoms with Crippen molar-refractivity contribution < 1.29 is 19.5 Å². The van der Waals surface area contributed by atoms with Crippen LogP contribution in [0.1, 0.15) is 33.5 Å². The quantitative estimate of drug-likeness (QED) is 0.815. The van der Waals surface area contributed by atoms with Crippen LogP contribution in [-0.2, 0) is 4.84 Å². The Hall–Kier alpha value is -2.04. The van der Waals surface area contributed by atoms with E-state index >= 15 is 0 Å². The first-order chi connectivity index (χ1) is 8.56. The summed E-state index contributed by atoms with van der Waals surface area (Å²) in [6.07, 6.45) is 0.615. The van der Waals surface area contributed by atoms with E-state index in [9.17, 15) is 9.90 Å². The van der Waals surface area contributed by atoms with E-state index in [0.717, 1.165) is 16.8 Å². The van der Waals surface area contributed by atoms with Gasteiger partial charge in [0.15, 0.2) is 0 Å². The van der Waals surface area contributed by atoms with Crippen molar-refractivity contribution in [2.75, 3.05) is 13.7 Å². The number of benzene rings is 1. The molecule has 96 valence electrons. The Labute approximate surface area is 105 Å². The molecular weight excluding hydrogens is 234 g/mol. The Morgan fingerprint density at radius 1 is 1.50 bits per heavy atom. The molecule has 1 N–H and O–H groups in total. The standard InChI is InChI=1S/C13H15NO4/c1-7-6-9(13(15)16)8(2)11-10(14-17-3)4-5-18-12(7)11/h6H,4-5H2,1-3H3,(H,15,16). The van der Waals surface area contributed by atoms with Crippen LogP contribution >= 0.6 is 0 Å². The van der Waals surface area contributed by atoms with Crippen LogP contribution in [0.25, 0.3) is 0 Å². The number of ether oxygens (including phenoxy) is 1. The van der Waals surface area contributed by atoms with Crippen LogP contribution in [0.4, 0.5) is 0 Å². The minimum atomic E-state index is -0.944. The summed E-state index contributed by atoms with van der Waals surface area (Å²) in [5, 5.41) is 13.2. The van der Waals surface area contributed by atoms with Gasteiger partial charge in [-0.2, -0.15) is 0 Å². The molecule has 0 aromatic heterocycles. The van der Waals surface area contributed by atoms with Gasteiger partial charge in [0, 0.05) is 12.0 Å². The van der Waals surface area contributed by atoms with Crippen molar-refractivity contribution in [3.63, 3.8) is 0 Å². The predicted molar refractivity (Wildman–Crippen MR) is 66.5 cm³/mol. The predicted octanol–water partition coefficient (Wildman–Crippen LogP) is 2.13. The Morgan fingerprint density at radius 3 is 2.83 bits per heavy atom. The highest BCUT2D eigenvalue weighted by Gasteiger charge is 2.25. The molecule has 5 heteroatoms. The van der Waals surface area contributed by atoms with Gasteiger partial charge in [-0.05, 0) is 31.0 Å². The second-order valence-electron chi connectivity index (χ2n) is 4.19. The molecule has 1 aromatic carbocycles. The molecule has 18 heavy (non-hydrogen) atoms. The SMILES string of the molecule is CON=C1CCOc2c(C)cc(C(=O)O)c(C)c21. The minimum absolute atomic E-state index is 0.278. The van der Waals surface area contributed by atoms with Crippen LogP contribution in [-0.4, -0.2) is 30.5 Å². The maximum absolute atomic E-state index is 11.2. The van der Waals surface area contributed by atoms with Crippen LogP contribution in [0.3, 0.4) is 0 Å². The summed E-state index contributed by atoms with van der Waals surface area (Å²) in [6, 6.07) is 1.63. The van der Waals surface area contributed by atoms with Gasteiger partial charge in [0.1, 0.15) is 12.9 Å². The highest BCUT2D eigenvalue weighted by molar-refractivity contribution is 6.07. The molecule has 1 aromatic rings. The third-order valence-electron chi connectivity index (χ3n) is 3.03. The third kappa shape index (κ3) is 1.92. The van der Waals surface area contributed by atoms with Gasteiger partial charge in [0.2, 0.25) is 0 Å². The first-order valence-corrected chi connectivity index (χ1v) is 5.67. The van der Waals surface area contributed by atoms with E-state index < -0.39 is 5.97 Å². The number of aryl methyl sites for hydroxylation is 1. The van der Waals surface area contributed by atoms with E-state index in [-0.39, 0.29) is 5.56 Å². The number of aromatic carboxylic acids is 1. The van der Waals surface area contributed by atoms with E-state index in [0.29, 0.717) is 24.3 Å². The highest BCUT2D eigenvalue weighted by Crippen LogP contribution is 2.33. The number of fused-ring (bicyclic) bond motifs is 1. The molecule has 5 nitrogen and oxygen atoms in total. The summed E-state index contributed by atoms with van der Waals surface area (Å²) in [5.74, 6) is -0.236. The average Bonchev–Trinajstić information content (AvgIpc) is 2.33. The smallest absolute Gasteiger partial charge is 0.335 e. The number of carbonyl (C=O) groups is 1. The Kier molecular flexibility index (Phi) is 3.23. The number of hydrogen-bond acceptors (Lipinski definition) is 4. The van der Waals surface area contributed by atoms with Crippen LogP contribution in [0.5, 0.6) is 5.75 Å². The normalized spacial score (nSPS) is 16.1. The zero-order valence-electron chi connectivity index (χ0n) is 10.6. The topological polar surface area (TPSA) is 68.1 Å². The lowest BCUT2D eigenvalue weighted by Crippen LogP contribution is -2.20. The highest BCUT2D eigenvalue weighted by atomic mass is 16.6. The molecule has 0 aliphatic carbocycles. The number of oxime groups is 1. The molecule has 1 aliphatic heterocycles. The molecule has 0 fully saturated rings. The summed E-state index contributed by atoms with van der Waals surface area (Å²) in [5.41, 5.74) is 3.23. The van der Waals surface area contributed by atoms with Crippen LogP contribution in [0.15, 0.2) is 11.2 Å². The molecule has 1 heterocycles. The van der Waals surface area contributed by atoms with Gasteiger partial charge in [0.25, 0.3) is 0 Å². The molecule has 0 amide bonds. The maximum Gasteiger partial charge on any atom is 0.335 e. The molecule has 1 aliphatic rings. The van der Waals surface area contributed by atoms with E-state index in [4.69, 9.17) is 9.57 Å². The second kappa shape index (κ2) is 4.68. The van der Waals surface area contributed by atoms with E-state index in [1.165, 1.54) is 7.11 Å². The van der Waals surface area contributed by atoms with Crippen LogP contribution in [0, 0.1) is 13.8 Å². The molecule has 0 radical (unpaired) electrons. The maximum atomic E-state index is 11.2. The number of nitrogens with zero attached hydrogens (tertiary/aromatic N) is 1. The lowest BCUT2D eigenvalue weighted by molar-refractivity contribution is 0.0696. The van der Waals surface area contributed by atoms with Gasteiger partial charge in [-0.3, -0.25) is 0 Å². The molecule has 0 saturated carbocycles. The van der Waals surface area contributed by atoms with Gasteiger partial charge in [-0.1, -0.05) is 5.16 Å². The summed E-state index contributed by atoms with van der Waals surface area (Å²) < 4.78 is 5.62. The Morgan fingerprint density at radius 2 is 2.22 bits per heavy atom. The summed E-state index contributed by atoms with van der Waals surface area (Å²) >= 11 is 0. The zero-order chi connectivity index (χ0) is 13.3. The first kappa shape index (κ1) is 12.4. The molecule has 0 atom stereocenters. The molecule has 2 rings (SSSR count). The molecule has 0 bridgehead atoms. The number of hydrogen-bond donors (Lipinski definition) is 1. The largest absolute Gasteiger partial charge is 0.492 e. The van der Waals surface area contributed by atoms with Crippen LogP contribution in [0.2, 0.25) is 0 Å². The monoisotopic (exact) mass is 249 g/mol. The number of carboxylic acids is 1. The van der Waals surface area contributed by atoms with Crippen LogP contribution < -0.4 is 4.74 Å².